The Kier molecular flexibility index (Phi) is 6.08. The van der Waals surface area contributed by atoms with Crippen LogP contribution in [0.25, 0.3) is 0 Å². The van der Waals surface area contributed by atoms with Crippen LogP contribution in [0.2, 0.25) is 0 Å². The summed E-state index contributed by atoms with van der Waals surface area (Å²) < 4.78 is 44.1. The summed E-state index contributed by atoms with van der Waals surface area (Å²) in [6.07, 6.45) is -1.73. The van der Waals surface area contributed by atoms with Gasteiger partial charge < -0.3 is 15.0 Å². The Balaban J connectivity index is 1.37. The summed E-state index contributed by atoms with van der Waals surface area (Å²) in [7, 11) is 1.74. The minimum absolute atomic E-state index is 0.227. The van der Waals surface area contributed by atoms with Crippen LogP contribution in [0, 0.1) is 5.41 Å². The zero-order valence-corrected chi connectivity index (χ0v) is 17.6. The van der Waals surface area contributed by atoms with Crippen LogP contribution in [0.3, 0.4) is 0 Å². The Morgan fingerprint density at radius 2 is 1.71 bits per heavy atom. The highest BCUT2D eigenvalue weighted by Gasteiger charge is 2.35. The maximum atomic E-state index is 12.8. The third-order valence-electron chi connectivity index (χ3n) is 6.71. The lowest BCUT2D eigenvalue weighted by Gasteiger charge is -2.34. The van der Waals surface area contributed by atoms with Crippen molar-refractivity contribution in [1.29, 1.82) is 5.41 Å². The minimum atomic E-state index is -4.30. The van der Waals surface area contributed by atoms with E-state index >= 15 is 0 Å². The minimum Gasteiger partial charge on any atom is -0.372 e. The number of methoxy groups -OCH3 is 1. The molecule has 0 aromatic heterocycles. The maximum Gasteiger partial charge on any atom is 0.416 e. The lowest BCUT2D eigenvalue weighted by Crippen LogP contribution is -2.38. The van der Waals surface area contributed by atoms with E-state index in [1.54, 1.807) is 19.2 Å². The summed E-state index contributed by atoms with van der Waals surface area (Å²) in [5, 5.41) is 12.0. The third-order valence-corrected chi connectivity index (χ3v) is 6.71. The van der Waals surface area contributed by atoms with Crippen molar-refractivity contribution in [3.05, 3.63) is 70.8 Å². The molecule has 0 spiro atoms. The first-order chi connectivity index (χ1) is 14.8. The quantitative estimate of drug-likeness (QED) is 0.543. The van der Waals surface area contributed by atoms with Gasteiger partial charge in [-0.05, 0) is 55.0 Å². The largest absolute Gasteiger partial charge is 0.416 e. The topological polar surface area (TPSA) is 48.4 Å². The number of piperidine rings is 1. The van der Waals surface area contributed by atoms with Crippen molar-refractivity contribution >= 4 is 5.84 Å². The van der Waals surface area contributed by atoms with Crippen molar-refractivity contribution in [2.75, 3.05) is 33.3 Å². The van der Waals surface area contributed by atoms with Gasteiger partial charge in [-0.25, -0.2) is 0 Å². The van der Waals surface area contributed by atoms with Gasteiger partial charge in [0.25, 0.3) is 0 Å². The second-order valence-corrected chi connectivity index (χ2v) is 8.43. The number of hydrogen-bond acceptors (Lipinski definition) is 3. The van der Waals surface area contributed by atoms with Crippen molar-refractivity contribution in [3.63, 3.8) is 0 Å². The monoisotopic (exact) mass is 431 g/mol. The molecular formula is C24H28F3N3O. The average molecular weight is 432 g/mol. The molecule has 0 bridgehead atoms. The van der Waals surface area contributed by atoms with E-state index in [1.165, 1.54) is 0 Å². The Bertz CT molecular complexity index is 895. The molecule has 31 heavy (non-hydrogen) atoms. The second-order valence-electron chi connectivity index (χ2n) is 8.43. The van der Waals surface area contributed by atoms with Crippen LogP contribution in [0.1, 0.15) is 47.4 Å². The number of halogens is 3. The van der Waals surface area contributed by atoms with E-state index in [9.17, 15) is 13.2 Å². The van der Waals surface area contributed by atoms with Crippen molar-refractivity contribution in [1.82, 2.24) is 10.2 Å². The van der Waals surface area contributed by atoms with Crippen molar-refractivity contribution in [2.24, 2.45) is 0 Å². The molecule has 1 unspecified atom stereocenters. The number of ether oxygens (including phenoxy) is 1. The van der Waals surface area contributed by atoms with E-state index in [-0.39, 0.29) is 11.5 Å². The van der Waals surface area contributed by atoms with E-state index in [0.717, 1.165) is 74.3 Å². The molecule has 166 valence electrons. The summed E-state index contributed by atoms with van der Waals surface area (Å²) in [4.78, 5) is 2.05. The lowest BCUT2D eigenvalue weighted by molar-refractivity contribution is -0.137. The van der Waals surface area contributed by atoms with Gasteiger partial charge in [0, 0.05) is 32.3 Å². The molecule has 2 N–H and O–H groups in total. The van der Waals surface area contributed by atoms with E-state index in [0.29, 0.717) is 5.84 Å². The zero-order chi connectivity index (χ0) is 22.1. The maximum absolute atomic E-state index is 12.8. The fourth-order valence-electron chi connectivity index (χ4n) is 4.70. The van der Waals surface area contributed by atoms with Crippen molar-refractivity contribution in [3.8, 4) is 0 Å². The van der Waals surface area contributed by atoms with Gasteiger partial charge in [0.15, 0.2) is 0 Å². The van der Waals surface area contributed by atoms with Crippen molar-refractivity contribution in [2.45, 2.75) is 37.0 Å². The normalized spacial score (nSPS) is 22.6. The van der Waals surface area contributed by atoms with Crippen LogP contribution in [0.4, 0.5) is 13.2 Å². The van der Waals surface area contributed by atoms with E-state index in [4.69, 9.17) is 10.1 Å². The summed E-state index contributed by atoms with van der Waals surface area (Å²) in [6, 6.07) is 13.6. The van der Waals surface area contributed by atoms with Gasteiger partial charge in [0.1, 0.15) is 11.4 Å². The predicted octanol–water partition coefficient (Wildman–Crippen LogP) is 4.75. The number of likely N-dealkylation sites (tertiary alicyclic amines) is 1. The summed E-state index contributed by atoms with van der Waals surface area (Å²) in [5.74, 6) is 0.721. The second kappa shape index (κ2) is 8.63. The molecular weight excluding hydrogens is 403 g/mol. The predicted molar refractivity (Wildman–Crippen MR) is 114 cm³/mol. The number of amidine groups is 1. The first-order valence-electron chi connectivity index (χ1n) is 10.7. The van der Waals surface area contributed by atoms with E-state index in [1.807, 2.05) is 12.1 Å². The van der Waals surface area contributed by atoms with Crippen LogP contribution in [0.5, 0.6) is 0 Å². The van der Waals surface area contributed by atoms with Crippen LogP contribution in [-0.2, 0) is 16.5 Å². The van der Waals surface area contributed by atoms with Crippen molar-refractivity contribution < 1.29 is 17.9 Å². The van der Waals surface area contributed by atoms with Gasteiger partial charge in [-0.15, -0.1) is 0 Å². The van der Waals surface area contributed by atoms with Gasteiger partial charge in [-0.2, -0.15) is 13.2 Å². The van der Waals surface area contributed by atoms with Crippen LogP contribution >= 0.6 is 0 Å². The lowest BCUT2D eigenvalue weighted by atomic mass is 9.88. The molecule has 2 aliphatic heterocycles. The third kappa shape index (κ3) is 4.48. The number of nitrogens with zero attached hydrogens (tertiary/aromatic N) is 1. The van der Waals surface area contributed by atoms with Gasteiger partial charge in [-0.1, -0.05) is 36.4 Å². The van der Waals surface area contributed by atoms with E-state index in [2.05, 4.69) is 22.3 Å². The van der Waals surface area contributed by atoms with Crippen LogP contribution < -0.4 is 5.32 Å². The van der Waals surface area contributed by atoms with Gasteiger partial charge >= 0.3 is 6.18 Å². The average Bonchev–Trinajstić information content (AvgIpc) is 3.29. The van der Waals surface area contributed by atoms with E-state index < -0.39 is 11.7 Å². The summed E-state index contributed by atoms with van der Waals surface area (Å²) >= 11 is 0. The molecule has 4 nitrogen and oxygen atoms in total. The smallest absolute Gasteiger partial charge is 0.372 e. The zero-order valence-electron chi connectivity index (χ0n) is 17.6. The molecule has 0 radical (unpaired) electrons. The molecule has 2 fully saturated rings. The fourth-order valence-corrected chi connectivity index (χ4v) is 4.70. The first kappa shape index (κ1) is 21.8. The molecule has 2 aromatic carbocycles. The molecule has 1 atom stereocenters. The number of nitrogens with one attached hydrogen (secondary N) is 2. The molecule has 0 saturated carbocycles. The Labute approximate surface area is 180 Å². The molecule has 2 aliphatic rings. The van der Waals surface area contributed by atoms with Crippen LogP contribution in [0.15, 0.2) is 48.5 Å². The first-order valence-corrected chi connectivity index (χ1v) is 10.7. The molecule has 2 aromatic rings. The molecule has 2 saturated heterocycles. The molecule has 4 rings (SSSR count). The SMILES string of the molecule is COC1(c2ccc(C(=N)N3CCC(c4ccc(C(F)(F)F)cc4)CC3)cc2)CCNC1. The van der Waals surface area contributed by atoms with Crippen LogP contribution in [-0.4, -0.2) is 44.0 Å². The Hall–Kier alpha value is -2.38. The highest BCUT2D eigenvalue weighted by molar-refractivity contribution is 5.96. The Morgan fingerprint density at radius 3 is 2.23 bits per heavy atom. The molecule has 0 amide bonds. The standard InChI is InChI=1S/C24H28F3N3O/c1-31-23(12-13-29-16-23)20-6-4-19(5-7-20)22(28)30-14-10-18(11-15-30)17-2-8-21(9-3-17)24(25,26)27/h2-9,18,28-29H,10-16H2,1H3. The molecule has 2 heterocycles. The molecule has 0 aliphatic carbocycles. The van der Waals surface area contributed by atoms with Gasteiger partial charge in [0.2, 0.25) is 0 Å². The summed E-state index contributed by atoms with van der Waals surface area (Å²) in [6.45, 7) is 3.16. The highest BCUT2D eigenvalue weighted by atomic mass is 19.4. The summed E-state index contributed by atoms with van der Waals surface area (Å²) in [5.41, 5.74) is 2.04. The highest BCUT2D eigenvalue weighted by Crippen LogP contribution is 2.34. The fraction of sp³-hybridized carbons (Fsp3) is 0.458. The number of alkyl halides is 3. The van der Waals surface area contributed by atoms with Gasteiger partial charge in [0.05, 0.1) is 5.56 Å². The Morgan fingerprint density at radius 1 is 1.06 bits per heavy atom. The number of hydrogen-bond donors (Lipinski definition) is 2. The van der Waals surface area contributed by atoms with Gasteiger partial charge in [-0.3, -0.25) is 5.41 Å². The number of benzene rings is 2. The molecule has 7 heteroatoms. The number of rotatable bonds is 4.